The van der Waals surface area contributed by atoms with E-state index in [1.807, 2.05) is 18.2 Å². The molecule has 1 aromatic carbocycles. The van der Waals surface area contributed by atoms with Gasteiger partial charge < -0.3 is 14.8 Å². The number of anilines is 2. The number of nitrogens with zero attached hydrogens (tertiary/aromatic N) is 1. The summed E-state index contributed by atoms with van der Waals surface area (Å²) in [4.78, 5) is 4.15. The maximum atomic E-state index is 12.2. The van der Waals surface area contributed by atoms with Gasteiger partial charge in [0.1, 0.15) is 10.0 Å². The largest absolute Gasteiger partial charge is 0.454 e. The molecule has 2 N–H and O–H groups in total. The monoisotopic (exact) mass is 389 g/mol. The van der Waals surface area contributed by atoms with Crippen LogP contribution < -0.4 is 19.5 Å². The molecule has 0 saturated carbocycles. The summed E-state index contributed by atoms with van der Waals surface area (Å²) in [6.45, 7) is 0.831. The van der Waals surface area contributed by atoms with E-state index < -0.39 is 10.0 Å². The molecular formula is C17H15N3O4S2. The van der Waals surface area contributed by atoms with Gasteiger partial charge in [-0.3, -0.25) is 4.72 Å². The number of nitrogens with one attached hydrogen (secondary N) is 2. The van der Waals surface area contributed by atoms with Crippen molar-refractivity contribution in [2.45, 2.75) is 10.8 Å². The van der Waals surface area contributed by atoms with Gasteiger partial charge in [-0.05, 0) is 41.3 Å². The summed E-state index contributed by atoms with van der Waals surface area (Å²) in [7, 11) is -3.58. The zero-order valence-corrected chi connectivity index (χ0v) is 15.1. The first-order valence-electron chi connectivity index (χ1n) is 7.75. The molecule has 0 unspecified atom stereocenters. The van der Waals surface area contributed by atoms with Gasteiger partial charge in [-0.25, -0.2) is 13.4 Å². The predicted octanol–water partition coefficient (Wildman–Crippen LogP) is 3.28. The van der Waals surface area contributed by atoms with Gasteiger partial charge in [-0.2, -0.15) is 0 Å². The Bertz CT molecular complexity index is 1000. The van der Waals surface area contributed by atoms with Crippen LogP contribution in [0.25, 0.3) is 0 Å². The Morgan fingerprint density at radius 2 is 2.00 bits per heavy atom. The lowest BCUT2D eigenvalue weighted by atomic mass is 10.2. The first kappa shape index (κ1) is 16.7. The van der Waals surface area contributed by atoms with E-state index in [9.17, 15) is 8.42 Å². The predicted molar refractivity (Wildman–Crippen MR) is 99.3 cm³/mol. The van der Waals surface area contributed by atoms with Gasteiger partial charge in [0.15, 0.2) is 11.5 Å². The number of benzene rings is 1. The molecule has 3 heterocycles. The van der Waals surface area contributed by atoms with Crippen molar-refractivity contribution in [1.29, 1.82) is 0 Å². The van der Waals surface area contributed by atoms with Crippen molar-refractivity contribution in [3.63, 3.8) is 0 Å². The molecule has 1 aliphatic rings. The Kier molecular flexibility index (Phi) is 4.39. The minimum absolute atomic E-state index is 0.249. The van der Waals surface area contributed by atoms with E-state index in [1.54, 1.807) is 35.8 Å². The lowest BCUT2D eigenvalue weighted by Crippen LogP contribution is -2.12. The average molecular weight is 389 g/mol. The second-order valence-electron chi connectivity index (χ2n) is 5.51. The number of hydrogen-bond acceptors (Lipinski definition) is 7. The normalized spacial score (nSPS) is 12.8. The van der Waals surface area contributed by atoms with Gasteiger partial charge in [0.25, 0.3) is 10.0 Å². The highest BCUT2D eigenvalue weighted by atomic mass is 32.2. The smallest absolute Gasteiger partial charge is 0.272 e. The van der Waals surface area contributed by atoms with Gasteiger partial charge in [0.05, 0.1) is 11.9 Å². The summed E-state index contributed by atoms with van der Waals surface area (Å²) in [6.07, 6.45) is 1.58. The van der Waals surface area contributed by atoms with Crippen LogP contribution in [0.5, 0.6) is 11.5 Å². The minimum atomic E-state index is -3.58. The molecule has 7 nitrogen and oxygen atoms in total. The summed E-state index contributed by atoms with van der Waals surface area (Å²) in [5.74, 6) is 1.76. The lowest BCUT2D eigenvalue weighted by Gasteiger charge is -2.09. The molecule has 0 aliphatic carbocycles. The maximum Gasteiger partial charge on any atom is 0.272 e. The minimum Gasteiger partial charge on any atom is -0.454 e. The number of fused-ring (bicyclic) bond motifs is 1. The number of ether oxygens (including phenoxy) is 2. The SMILES string of the molecule is O=S(=O)(Nc1ccc(NCc2ccc3c(c2)OCO3)cn1)c1cccs1. The molecule has 0 amide bonds. The van der Waals surface area contributed by atoms with E-state index >= 15 is 0 Å². The third kappa shape index (κ3) is 3.58. The highest BCUT2D eigenvalue weighted by molar-refractivity contribution is 7.94. The summed E-state index contributed by atoms with van der Waals surface area (Å²) in [6, 6.07) is 12.4. The molecule has 9 heteroatoms. The van der Waals surface area contributed by atoms with E-state index in [0.717, 1.165) is 34.1 Å². The zero-order chi connectivity index (χ0) is 18.0. The summed E-state index contributed by atoms with van der Waals surface area (Å²) in [5.41, 5.74) is 1.82. The lowest BCUT2D eigenvalue weighted by molar-refractivity contribution is 0.174. The molecule has 0 atom stereocenters. The van der Waals surface area contributed by atoms with Crippen LogP contribution in [0.4, 0.5) is 11.5 Å². The fourth-order valence-corrected chi connectivity index (χ4v) is 4.42. The Labute approximate surface area is 154 Å². The Balaban J connectivity index is 1.39. The highest BCUT2D eigenvalue weighted by Gasteiger charge is 2.16. The molecule has 0 fully saturated rings. The molecule has 0 saturated heterocycles. The summed E-state index contributed by atoms with van der Waals surface area (Å²) < 4.78 is 37.7. The van der Waals surface area contributed by atoms with E-state index in [4.69, 9.17) is 9.47 Å². The van der Waals surface area contributed by atoms with Crippen molar-refractivity contribution < 1.29 is 17.9 Å². The molecule has 26 heavy (non-hydrogen) atoms. The Hall–Kier alpha value is -2.78. The maximum absolute atomic E-state index is 12.2. The van der Waals surface area contributed by atoms with Crippen molar-refractivity contribution in [3.05, 3.63) is 59.6 Å². The fraction of sp³-hybridized carbons (Fsp3) is 0.118. The molecule has 4 rings (SSSR count). The van der Waals surface area contributed by atoms with E-state index in [0.29, 0.717) is 6.54 Å². The van der Waals surface area contributed by atoms with Gasteiger partial charge in [0.2, 0.25) is 6.79 Å². The topological polar surface area (TPSA) is 89.6 Å². The second kappa shape index (κ2) is 6.85. The van der Waals surface area contributed by atoms with E-state index in [2.05, 4.69) is 15.0 Å². The second-order valence-corrected chi connectivity index (χ2v) is 8.37. The summed E-state index contributed by atoms with van der Waals surface area (Å²) >= 11 is 1.16. The third-order valence-corrected chi connectivity index (χ3v) is 6.45. The van der Waals surface area contributed by atoms with Crippen molar-refractivity contribution in [2.24, 2.45) is 0 Å². The van der Waals surface area contributed by atoms with Gasteiger partial charge >= 0.3 is 0 Å². The van der Waals surface area contributed by atoms with E-state index in [-0.39, 0.29) is 16.8 Å². The van der Waals surface area contributed by atoms with Crippen LogP contribution in [0.15, 0.2) is 58.3 Å². The molecule has 1 aliphatic heterocycles. The van der Waals surface area contributed by atoms with Crippen molar-refractivity contribution in [3.8, 4) is 11.5 Å². The number of rotatable bonds is 6. The van der Waals surface area contributed by atoms with Gasteiger partial charge in [0, 0.05) is 6.54 Å². The number of aromatic nitrogens is 1. The third-order valence-electron chi connectivity index (χ3n) is 3.70. The van der Waals surface area contributed by atoms with Crippen molar-refractivity contribution >= 4 is 32.9 Å². The van der Waals surface area contributed by atoms with Crippen molar-refractivity contribution in [1.82, 2.24) is 4.98 Å². The standard InChI is InChI=1S/C17H15N3O4S2/c21-26(22,17-2-1-7-25-17)20-16-6-4-13(10-19-16)18-9-12-3-5-14-15(8-12)24-11-23-14/h1-8,10,18H,9,11H2,(H,19,20). The van der Waals surface area contributed by atoms with Crippen LogP contribution in [0.2, 0.25) is 0 Å². The Morgan fingerprint density at radius 3 is 2.77 bits per heavy atom. The number of thiophene rings is 1. The number of pyridine rings is 1. The van der Waals surface area contributed by atoms with Crippen molar-refractivity contribution in [2.75, 3.05) is 16.8 Å². The average Bonchev–Trinajstić information content (AvgIpc) is 3.32. The van der Waals surface area contributed by atoms with Crippen LogP contribution in [-0.4, -0.2) is 20.2 Å². The molecule has 0 bridgehead atoms. The van der Waals surface area contributed by atoms with Crippen LogP contribution in [0.1, 0.15) is 5.56 Å². The number of sulfonamides is 1. The quantitative estimate of drug-likeness (QED) is 0.672. The first-order chi connectivity index (χ1) is 12.6. The zero-order valence-electron chi connectivity index (χ0n) is 13.5. The summed E-state index contributed by atoms with van der Waals surface area (Å²) in [5, 5.41) is 4.95. The molecule has 0 spiro atoms. The van der Waals surface area contributed by atoms with Crippen LogP contribution in [-0.2, 0) is 16.6 Å². The van der Waals surface area contributed by atoms with Gasteiger partial charge in [-0.15, -0.1) is 11.3 Å². The first-order valence-corrected chi connectivity index (χ1v) is 10.1. The van der Waals surface area contributed by atoms with E-state index in [1.165, 1.54) is 0 Å². The molecule has 0 radical (unpaired) electrons. The number of hydrogen-bond donors (Lipinski definition) is 2. The fourth-order valence-electron chi connectivity index (χ4n) is 2.42. The van der Waals surface area contributed by atoms with Gasteiger partial charge in [-0.1, -0.05) is 12.1 Å². The highest BCUT2D eigenvalue weighted by Crippen LogP contribution is 2.32. The van der Waals surface area contributed by atoms with Crippen LogP contribution in [0.3, 0.4) is 0 Å². The Morgan fingerprint density at radius 1 is 1.12 bits per heavy atom. The van der Waals surface area contributed by atoms with Crippen LogP contribution in [0, 0.1) is 0 Å². The molecule has 134 valence electrons. The molecule has 2 aromatic heterocycles. The molecular weight excluding hydrogens is 374 g/mol. The van der Waals surface area contributed by atoms with Crippen LogP contribution >= 0.6 is 11.3 Å². The molecule has 3 aromatic rings.